The molecule has 0 aliphatic rings. The van der Waals surface area contributed by atoms with Crippen molar-refractivity contribution in [3.8, 4) is 0 Å². The zero-order chi connectivity index (χ0) is 30.2. The largest absolute Gasteiger partial charge is 0.516 e. The van der Waals surface area contributed by atoms with Crippen LogP contribution in [0.2, 0.25) is 5.15 Å². The average Bonchev–Trinajstić information content (AvgIpc) is 3.22. The van der Waals surface area contributed by atoms with E-state index in [4.69, 9.17) is 16.8 Å². The second-order valence-electron chi connectivity index (χ2n) is 9.20. The molecular formula is C26H29ClF3N5O5S. The number of benzene rings is 2. The number of aromatic nitrogens is 2. The molecule has 0 saturated carbocycles. The summed E-state index contributed by atoms with van der Waals surface area (Å²) in [5.41, 5.74) is -2.80. The first-order chi connectivity index (χ1) is 19.3. The molecule has 1 heterocycles. The van der Waals surface area contributed by atoms with Crippen LogP contribution >= 0.6 is 11.6 Å². The molecule has 0 fully saturated rings. The van der Waals surface area contributed by atoms with Crippen LogP contribution in [0, 0.1) is 0 Å². The van der Waals surface area contributed by atoms with Gasteiger partial charge in [-0.25, -0.2) is 10.5 Å². The lowest BCUT2D eigenvalue weighted by atomic mass is 10.0. The molecule has 1 unspecified atom stereocenters. The minimum Gasteiger partial charge on any atom is -0.347 e. The third-order valence-corrected chi connectivity index (χ3v) is 7.42. The van der Waals surface area contributed by atoms with Gasteiger partial charge in [0.25, 0.3) is 5.91 Å². The van der Waals surface area contributed by atoms with Gasteiger partial charge in [-0.3, -0.25) is 19.5 Å². The van der Waals surface area contributed by atoms with E-state index in [1.807, 2.05) is 37.3 Å². The predicted octanol–water partition coefficient (Wildman–Crippen LogP) is 4.43. The zero-order valence-electron chi connectivity index (χ0n) is 21.9. The molecule has 0 bridgehead atoms. The van der Waals surface area contributed by atoms with Crippen molar-refractivity contribution >= 4 is 39.1 Å². The molecule has 0 radical (unpaired) electrons. The predicted molar refractivity (Wildman–Crippen MR) is 146 cm³/mol. The van der Waals surface area contributed by atoms with E-state index in [0.29, 0.717) is 17.8 Å². The second kappa shape index (κ2) is 13.8. The SMILES string of the molecule is CCCCc1nc(Cl)c(C(=O)NC(CC(=O)NO)Cc2ccccc2)n1Cc1ccc(NS(=O)(=O)C(F)(F)F)cc1. The maximum Gasteiger partial charge on any atom is 0.516 e. The van der Waals surface area contributed by atoms with Crippen molar-refractivity contribution < 1.29 is 36.4 Å². The third-order valence-electron chi connectivity index (χ3n) is 6.04. The number of hydrogen-bond donors (Lipinski definition) is 4. The lowest BCUT2D eigenvalue weighted by Gasteiger charge is -2.19. The first-order valence-corrected chi connectivity index (χ1v) is 14.4. The summed E-state index contributed by atoms with van der Waals surface area (Å²) < 4.78 is 64.0. The van der Waals surface area contributed by atoms with E-state index in [-0.39, 0.29) is 35.9 Å². The van der Waals surface area contributed by atoms with E-state index in [1.165, 1.54) is 29.0 Å². The highest BCUT2D eigenvalue weighted by Crippen LogP contribution is 2.26. The number of alkyl halides is 3. The molecule has 2 aromatic carbocycles. The summed E-state index contributed by atoms with van der Waals surface area (Å²) >= 11 is 6.41. The van der Waals surface area contributed by atoms with Crippen LogP contribution in [0.1, 0.15) is 53.6 Å². The number of rotatable bonds is 13. The molecule has 10 nitrogen and oxygen atoms in total. The van der Waals surface area contributed by atoms with Gasteiger partial charge in [0.2, 0.25) is 5.91 Å². The summed E-state index contributed by atoms with van der Waals surface area (Å²) in [6.45, 7) is 2.03. The molecule has 4 N–H and O–H groups in total. The number of carbonyl (C=O) groups excluding carboxylic acids is 2. The number of carbonyl (C=O) groups is 2. The fourth-order valence-electron chi connectivity index (χ4n) is 4.05. The van der Waals surface area contributed by atoms with Crippen LogP contribution in [0.3, 0.4) is 0 Å². The van der Waals surface area contributed by atoms with Gasteiger partial charge in [-0.15, -0.1) is 0 Å². The van der Waals surface area contributed by atoms with Crippen LogP contribution < -0.4 is 15.5 Å². The molecule has 0 aliphatic heterocycles. The molecule has 1 aromatic heterocycles. The molecule has 222 valence electrons. The Hall–Kier alpha value is -3.62. The molecule has 3 rings (SSSR count). The van der Waals surface area contributed by atoms with Gasteiger partial charge in [-0.05, 0) is 36.1 Å². The van der Waals surface area contributed by atoms with Crippen LogP contribution in [0.4, 0.5) is 18.9 Å². The lowest BCUT2D eigenvalue weighted by molar-refractivity contribution is -0.129. The van der Waals surface area contributed by atoms with Crippen molar-refractivity contribution in [3.63, 3.8) is 0 Å². The molecule has 0 spiro atoms. The van der Waals surface area contributed by atoms with Crippen LogP contribution in [-0.2, 0) is 34.2 Å². The van der Waals surface area contributed by atoms with E-state index in [0.717, 1.165) is 18.4 Å². The Kier molecular flexibility index (Phi) is 10.8. The summed E-state index contributed by atoms with van der Waals surface area (Å²) in [6, 6.07) is 13.6. The van der Waals surface area contributed by atoms with E-state index in [9.17, 15) is 31.2 Å². The highest BCUT2D eigenvalue weighted by Gasteiger charge is 2.46. The third kappa shape index (κ3) is 8.68. The molecule has 0 aliphatic carbocycles. The average molecular weight is 616 g/mol. The fourth-order valence-corrected chi connectivity index (χ4v) is 4.90. The first kappa shape index (κ1) is 31.9. The maximum atomic E-state index is 13.5. The number of sulfonamides is 1. The first-order valence-electron chi connectivity index (χ1n) is 12.5. The second-order valence-corrected chi connectivity index (χ2v) is 11.2. The van der Waals surface area contributed by atoms with Crippen molar-refractivity contribution in [2.75, 3.05) is 4.72 Å². The van der Waals surface area contributed by atoms with Gasteiger partial charge in [0, 0.05) is 31.1 Å². The Labute approximate surface area is 239 Å². The van der Waals surface area contributed by atoms with E-state index in [1.54, 1.807) is 10.0 Å². The number of unbranched alkanes of at least 4 members (excludes halogenated alkanes) is 1. The van der Waals surface area contributed by atoms with Gasteiger partial charge >= 0.3 is 15.5 Å². The molecule has 2 amide bonds. The quantitative estimate of drug-likeness (QED) is 0.166. The monoisotopic (exact) mass is 615 g/mol. The number of hydrogen-bond acceptors (Lipinski definition) is 6. The summed E-state index contributed by atoms with van der Waals surface area (Å²) in [6.07, 6.45) is 2.10. The van der Waals surface area contributed by atoms with Crippen molar-refractivity contribution in [1.82, 2.24) is 20.3 Å². The number of anilines is 1. The summed E-state index contributed by atoms with van der Waals surface area (Å²) in [4.78, 5) is 29.8. The Balaban J connectivity index is 1.89. The zero-order valence-corrected chi connectivity index (χ0v) is 23.5. The highest BCUT2D eigenvalue weighted by molar-refractivity contribution is 7.93. The molecule has 15 heteroatoms. The Morgan fingerprint density at radius 3 is 2.32 bits per heavy atom. The van der Waals surface area contributed by atoms with Crippen molar-refractivity contribution in [2.24, 2.45) is 0 Å². The molecule has 0 saturated heterocycles. The number of halogens is 4. The molecular weight excluding hydrogens is 587 g/mol. The van der Waals surface area contributed by atoms with Crippen molar-refractivity contribution in [2.45, 2.75) is 57.1 Å². The van der Waals surface area contributed by atoms with E-state index >= 15 is 0 Å². The number of aryl methyl sites for hydroxylation is 1. The molecule has 3 aromatic rings. The van der Waals surface area contributed by atoms with Gasteiger partial charge < -0.3 is 9.88 Å². The van der Waals surface area contributed by atoms with Crippen LogP contribution in [0.5, 0.6) is 0 Å². The number of nitrogens with zero attached hydrogens (tertiary/aromatic N) is 2. The number of nitrogens with one attached hydrogen (secondary N) is 3. The lowest BCUT2D eigenvalue weighted by Crippen LogP contribution is -2.41. The summed E-state index contributed by atoms with van der Waals surface area (Å²) in [5, 5.41) is 11.7. The Bertz CT molecular complexity index is 1450. The minimum absolute atomic E-state index is 0.0158. The number of imidazole rings is 1. The summed E-state index contributed by atoms with van der Waals surface area (Å²) in [7, 11) is -5.58. The van der Waals surface area contributed by atoms with Gasteiger partial charge in [0.1, 0.15) is 11.5 Å². The number of hydroxylamine groups is 1. The standard InChI is InChI=1S/C26H29ClF3N5O5S/c1-2-3-9-21-32-24(27)23(25(37)31-20(15-22(36)33-38)14-17-7-5-4-6-8-17)35(21)16-18-10-12-19(13-11-18)34-41(39,40)26(28,29)30/h4-8,10-13,20,34,38H,2-3,9,14-16H2,1H3,(H,31,37)(H,33,36). The smallest absolute Gasteiger partial charge is 0.347 e. The van der Waals surface area contributed by atoms with Crippen molar-refractivity contribution in [1.29, 1.82) is 0 Å². The minimum atomic E-state index is -5.58. The van der Waals surface area contributed by atoms with Crippen LogP contribution in [0.15, 0.2) is 54.6 Å². The topological polar surface area (TPSA) is 142 Å². The fraction of sp³-hybridized carbons (Fsp3) is 0.346. The Morgan fingerprint density at radius 1 is 1.07 bits per heavy atom. The highest BCUT2D eigenvalue weighted by atomic mass is 35.5. The Morgan fingerprint density at radius 2 is 1.73 bits per heavy atom. The van der Waals surface area contributed by atoms with Gasteiger partial charge in [-0.1, -0.05) is 67.4 Å². The molecule has 41 heavy (non-hydrogen) atoms. The van der Waals surface area contributed by atoms with Crippen molar-refractivity contribution in [3.05, 3.63) is 82.4 Å². The number of amides is 2. The maximum absolute atomic E-state index is 13.5. The summed E-state index contributed by atoms with van der Waals surface area (Å²) in [5.74, 6) is -0.821. The van der Waals surface area contributed by atoms with Gasteiger partial charge in [0.15, 0.2) is 5.15 Å². The van der Waals surface area contributed by atoms with Gasteiger partial charge in [-0.2, -0.15) is 21.6 Å². The normalized spacial score (nSPS) is 12.5. The van der Waals surface area contributed by atoms with E-state index in [2.05, 4.69) is 10.3 Å². The van der Waals surface area contributed by atoms with Crippen LogP contribution in [-0.4, -0.2) is 46.5 Å². The van der Waals surface area contributed by atoms with E-state index < -0.39 is 33.4 Å². The van der Waals surface area contributed by atoms with Crippen LogP contribution in [0.25, 0.3) is 0 Å². The molecule has 1 atom stereocenters. The van der Waals surface area contributed by atoms with Gasteiger partial charge in [0.05, 0.1) is 0 Å².